The third-order valence-corrected chi connectivity index (χ3v) is 2.34. The third-order valence-electron chi connectivity index (χ3n) is 1.82. The highest BCUT2D eigenvalue weighted by molar-refractivity contribution is 6.32. The van der Waals surface area contributed by atoms with Gasteiger partial charge in [-0.2, -0.15) is 5.26 Å². The van der Waals surface area contributed by atoms with Crippen LogP contribution in [0.25, 0.3) is 0 Å². The lowest BCUT2D eigenvalue weighted by Crippen LogP contribution is -2.18. The van der Waals surface area contributed by atoms with Crippen LogP contribution in [-0.2, 0) is 0 Å². The van der Waals surface area contributed by atoms with Gasteiger partial charge in [0.05, 0.1) is 23.6 Å². The van der Waals surface area contributed by atoms with Crippen LogP contribution in [0.5, 0.6) is 0 Å². The summed E-state index contributed by atoms with van der Waals surface area (Å²) in [6, 6.07) is 3.15. The number of rotatable bonds is 3. The molecule has 0 radical (unpaired) electrons. The van der Waals surface area contributed by atoms with Crippen LogP contribution in [0.15, 0.2) is 12.3 Å². The lowest BCUT2D eigenvalue weighted by molar-refractivity contribution is 0.0215. The van der Waals surface area contributed by atoms with Gasteiger partial charge in [-0.25, -0.2) is 4.98 Å². The number of nitriles is 1. The quantitative estimate of drug-likeness (QED) is 0.797. The minimum absolute atomic E-state index is 0.0592. The topological polar surface area (TPSA) is 77.1 Å². The van der Waals surface area contributed by atoms with Gasteiger partial charge >= 0.3 is 0 Å². The minimum Gasteiger partial charge on any atom is -0.389 e. The number of nitrogens with zero attached hydrogens (tertiary/aromatic N) is 2. The summed E-state index contributed by atoms with van der Waals surface area (Å²) in [4.78, 5) is 3.72. The molecule has 1 aromatic heterocycles. The molecule has 0 fully saturated rings. The Bertz CT molecular complexity index is 392. The first-order valence-electron chi connectivity index (χ1n) is 4.10. The second kappa shape index (κ2) is 5.29. The number of hydrogen-bond donors (Lipinski definition) is 2. The van der Waals surface area contributed by atoms with Crippen molar-refractivity contribution in [2.75, 3.05) is 0 Å². The molecule has 1 aromatic rings. The van der Waals surface area contributed by atoms with E-state index in [9.17, 15) is 10.2 Å². The van der Waals surface area contributed by atoms with Crippen molar-refractivity contribution >= 4 is 23.2 Å². The number of aliphatic hydroxyl groups is 2. The maximum atomic E-state index is 9.64. The molecule has 2 atom stereocenters. The van der Waals surface area contributed by atoms with E-state index < -0.39 is 12.2 Å². The van der Waals surface area contributed by atoms with Crippen LogP contribution in [0.4, 0.5) is 0 Å². The van der Waals surface area contributed by atoms with Gasteiger partial charge in [0.1, 0.15) is 11.3 Å². The Labute approximate surface area is 96.7 Å². The standard InChI is InChI=1S/C9H8Cl2N2O2/c10-5-3-6(9(11)13-4-5)8(15)7(14)1-2-12/h3-4,7-8,14-15H,1H2. The van der Waals surface area contributed by atoms with Crippen LogP contribution >= 0.6 is 23.2 Å². The highest BCUT2D eigenvalue weighted by Crippen LogP contribution is 2.27. The number of halogens is 2. The molecule has 0 spiro atoms. The maximum Gasteiger partial charge on any atom is 0.135 e. The maximum absolute atomic E-state index is 9.64. The molecule has 0 aliphatic rings. The van der Waals surface area contributed by atoms with Gasteiger partial charge < -0.3 is 10.2 Å². The van der Waals surface area contributed by atoms with E-state index >= 15 is 0 Å². The minimum atomic E-state index is -1.26. The van der Waals surface area contributed by atoms with E-state index in [1.165, 1.54) is 12.3 Å². The summed E-state index contributed by atoms with van der Waals surface area (Å²) in [7, 11) is 0. The van der Waals surface area contributed by atoms with E-state index in [0.717, 1.165) is 0 Å². The zero-order chi connectivity index (χ0) is 11.4. The zero-order valence-electron chi connectivity index (χ0n) is 7.56. The first-order chi connectivity index (χ1) is 7.06. The summed E-state index contributed by atoms with van der Waals surface area (Å²) in [5.74, 6) is 0. The predicted molar refractivity (Wildman–Crippen MR) is 55.5 cm³/mol. The molecule has 0 aliphatic heterocycles. The molecule has 80 valence electrons. The molecule has 1 rings (SSSR count). The van der Waals surface area contributed by atoms with E-state index in [0.29, 0.717) is 5.02 Å². The van der Waals surface area contributed by atoms with Gasteiger partial charge in [-0.1, -0.05) is 23.2 Å². The van der Waals surface area contributed by atoms with Gasteiger partial charge in [-0.15, -0.1) is 0 Å². The predicted octanol–water partition coefficient (Wildman–Crippen LogP) is 1.70. The molecule has 6 heteroatoms. The van der Waals surface area contributed by atoms with Gasteiger partial charge in [0.25, 0.3) is 0 Å². The molecule has 2 N–H and O–H groups in total. The van der Waals surface area contributed by atoms with Gasteiger partial charge in [0.2, 0.25) is 0 Å². The molecule has 2 unspecified atom stereocenters. The first kappa shape index (κ1) is 12.2. The highest BCUT2D eigenvalue weighted by atomic mass is 35.5. The zero-order valence-corrected chi connectivity index (χ0v) is 9.07. The molecule has 0 saturated heterocycles. The Morgan fingerprint density at radius 1 is 1.47 bits per heavy atom. The van der Waals surface area contributed by atoms with Crippen LogP contribution in [-0.4, -0.2) is 21.3 Å². The number of pyridine rings is 1. The fourth-order valence-electron chi connectivity index (χ4n) is 1.06. The van der Waals surface area contributed by atoms with Crippen molar-refractivity contribution in [3.8, 4) is 6.07 Å². The molecule has 0 amide bonds. The van der Waals surface area contributed by atoms with Crippen LogP contribution < -0.4 is 0 Å². The Morgan fingerprint density at radius 3 is 2.73 bits per heavy atom. The van der Waals surface area contributed by atoms with Crippen molar-refractivity contribution in [3.05, 3.63) is 28.0 Å². The van der Waals surface area contributed by atoms with Crippen molar-refractivity contribution in [2.24, 2.45) is 0 Å². The average Bonchev–Trinajstić information content (AvgIpc) is 2.21. The summed E-state index contributed by atoms with van der Waals surface area (Å²) in [6.45, 7) is 0. The van der Waals surface area contributed by atoms with E-state index in [-0.39, 0.29) is 17.1 Å². The molecular formula is C9H8Cl2N2O2. The lowest BCUT2D eigenvalue weighted by Gasteiger charge is -2.16. The van der Waals surface area contributed by atoms with Crippen molar-refractivity contribution in [3.63, 3.8) is 0 Å². The average molecular weight is 247 g/mol. The highest BCUT2D eigenvalue weighted by Gasteiger charge is 2.21. The second-order valence-corrected chi connectivity index (χ2v) is 3.70. The summed E-state index contributed by atoms with van der Waals surface area (Å²) < 4.78 is 0. The molecular weight excluding hydrogens is 239 g/mol. The number of hydrogen-bond acceptors (Lipinski definition) is 4. The fraction of sp³-hybridized carbons (Fsp3) is 0.333. The second-order valence-electron chi connectivity index (χ2n) is 2.91. The molecule has 0 aromatic carbocycles. The van der Waals surface area contributed by atoms with E-state index in [1.54, 1.807) is 6.07 Å². The van der Waals surface area contributed by atoms with Gasteiger partial charge in [-0.3, -0.25) is 0 Å². The summed E-state index contributed by atoms with van der Waals surface area (Å²) in [5, 5.41) is 27.7. The number of aliphatic hydroxyl groups excluding tert-OH is 2. The Hall–Kier alpha value is -0.860. The molecule has 0 aliphatic carbocycles. The fourth-order valence-corrected chi connectivity index (χ4v) is 1.44. The Balaban J connectivity index is 2.95. The van der Waals surface area contributed by atoms with Crippen LogP contribution in [0.2, 0.25) is 10.2 Å². The third kappa shape index (κ3) is 3.05. The monoisotopic (exact) mass is 246 g/mol. The Morgan fingerprint density at radius 2 is 2.13 bits per heavy atom. The van der Waals surface area contributed by atoms with Gasteiger partial charge in [0, 0.05) is 11.8 Å². The summed E-state index contributed by atoms with van der Waals surface area (Å²) in [5.41, 5.74) is 0.215. The molecule has 1 heterocycles. The van der Waals surface area contributed by atoms with E-state index in [1.807, 2.05) is 0 Å². The van der Waals surface area contributed by atoms with Crippen molar-refractivity contribution in [1.82, 2.24) is 4.98 Å². The van der Waals surface area contributed by atoms with E-state index in [4.69, 9.17) is 28.5 Å². The van der Waals surface area contributed by atoms with Crippen LogP contribution in [0.3, 0.4) is 0 Å². The Kier molecular flexibility index (Phi) is 4.30. The van der Waals surface area contributed by atoms with Gasteiger partial charge in [-0.05, 0) is 6.07 Å². The molecule has 4 nitrogen and oxygen atoms in total. The molecule has 0 bridgehead atoms. The normalized spacial score (nSPS) is 14.3. The van der Waals surface area contributed by atoms with E-state index in [2.05, 4.69) is 4.98 Å². The summed E-state index contributed by atoms with van der Waals surface area (Å²) in [6.07, 6.45) is -1.32. The van der Waals surface area contributed by atoms with Crippen LogP contribution in [0.1, 0.15) is 18.1 Å². The number of aromatic nitrogens is 1. The molecule has 15 heavy (non-hydrogen) atoms. The molecule has 0 saturated carbocycles. The SMILES string of the molecule is N#CCC(O)C(O)c1cc(Cl)cnc1Cl. The summed E-state index contributed by atoms with van der Waals surface area (Å²) >= 11 is 11.4. The first-order valence-corrected chi connectivity index (χ1v) is 4.86. The smallest absolute Gasteiger partial charge is 0.135 e. The van der Waals surface area contributed by atoms with Crippen molar-refractivity contribution in [1.29, 1.82) is 5.26 Å². The lowest BCUT2D eigenvalue weighted by atomic mass is 10.0. The van der Waals surface area contributed by atoms with Crippen molar-refractivity contribution in [2.45, 2.75) is 18.6 Å². The largest absolute Gasteiger partial charge is 0.389 e. The van der Waals surface area contributed by atoms with Crippen LogP contribution in [0, 0.1) is 11.3 Å². The van der Waals surface area contributed by atoms with Gasteiger partial charge in [0.15, 0.2) is 0 Å². The van der Waals surface area contributed by atoms with Crippen molar-refractivity contribution < 1.29 is 10.2 Å².